The average molecular weight is 486 g/mol. The highest BCUT2D eigenvalue weighted by Gasteiger charge is 2.30. The van der Waals surface area contributed by atoms with E-state index in [0.717, 1.165) is 57.3 Å². The van der Waals surface area contributed by atoms with Gasteiger partial charge in [-0.05, 0) is 35.4 Å². The maximum atomic E-state index is 6.93. The molecule has 1 N–H and O–H groups in total. The van der Waals surface area contributed by atoms with Gasteiger partial charge in [0.25, 0.3) is 0 Å². The largest absolute Gasteiger partial charge is 0.369 e. The van der Waals surface area contributed by atoms with E-state index in [9.17, 15) is 0 Å². The van der Waals surface area contributed by atoms with E-state index in [4.69, 9.17) is 16.7 Å². The monoisotopic (exact) mass is 485 g/mol. The van der Waals surface area contributed by atoms with Crippen molar-refractivity contribution in [3.63, 3.8) is 0 Å². The summed E-state index contributed by atoms with van der Waals surface area (Å²) >= 11 is 8.79. The van der Waals surface area contributed by atoms with Gasteiger partial charge in [0, 0.05) is 60.3 Å². The quantitative estimate of drug-likeness (QED) is 0.367. The van der Waals surface area contributed by atoms with Crippen LogP contribution in [-0.4, -0.2) is 42.0 Å². The molecule has 0 saturated carbocycles. The van der Waals surface area contributed by atoms with Gasteiger partial charge in [-0.1, -0.05) is 29.8 Å². The molecular weight excluding hydrogens is 466 g/mol. The molecule has 1 unspecified atom stereocenters. The fourth-order valence-corrected chi connectivity index (χ4v) is 5.89. The Morgan fingerprint density at radius 1 is 1.00 bits per heavy atom. The molecule has 34 heavy (non-hydrogen) atoms. The normalized spacial score (nSPS) is 15.5. The highest BCUT2D eigenvalue weighted by atomic mass is 35.5. The summed E-state index contributed by atoms with van der Waals surface area (Å²) in [6.45, 7) is 0.856. The smallest absolute Gasteiger partial charge is 0.178 e. The molecule has 5 aromatic rings. The van der Waals surface area contributed by atoms with Crippen molar-refractivity contribution < 1.29 is 0 Å². The first-order chi connectivity index (χ1) is 16.7. The second kappa shape index (κ2) is 8.70. The van der Waals surface area contributed by atoms with Crippen molar-refractivity contribution in [2.75, 3.05) is 17.6 Å². The van der Waals surface area contributed by atoms with E-state index in [1.165, 1.54) is 0 Å². The molecule has 7 nitrogen and oxygen atoms in total. The summed E-state index contributed by atoms with van der Waals surface area (Å²) in [6, 6.07) is 14.1. The number of nitrogens with one attached hydrogen (secondary N) is 1. The number of anilines is 1. The van der Waals surface area contributed by atoms with E-state index in [1.807, 2.05) is 60.0 Å². The Hall–Kier alpha value is -3.49. The minimum atomic E-state index is 0.0258. The maximum absolute atomic E-state index is 6.93. The van der Waals surface area contributed by atoms with E-state index < -0.39 is 0 Å². The molecule has 0 saturated heterocycles. The van der Waals surface area contributed by atoms with Crippen LogP contribution in [0.15, 0.2) is 67.3 Å². The average Bonchev–Trinajstić information content (AvgIpc) is 3.05. The van der Waals surface area contributed by atoms with Crippen LogP contribution in [0.2, 0.25) is 5.02 Å². The van der Waals surface area contributed by atoms with Crippen molar-refractivity contribution in [3.8, 4) is 22.5 Å². The number of fused-ring (bicyclic) bond motifs is 2. The van der Waals surface area contributed by atoms with Crippen molar-refractivity contribution in [2.45, 2.75) is 5.25 Å². The maximum Gasteiger partial charge on any atom is 0.178 e. The number of hydrogen-bond acceptors (Lipinski definition) is 7. The number of nitrogens with zero attached hydrogens (tertiary/aromatic N) is 6. The lowest BCUT2D eigenvalue weighted by molar-refractivity contribution is 0.773. The molecule has 0 bridgehead atoms. The first kappa shape index (κ1) is 21.1. The lowest BCUT2D eigenvalue weighted by atomic mass is 9.99. The molecule has 1 aliphatic rings. The molecule has 0 aliphatic carbocycles. The zero-order valence-electron chi connectivity index (χ0n) is 18.3. The summed E-state index contributed by atoms with van der Waals surface area (Å²) in [5, 5.41) is 9.09. The van der Waals surface area contributed by atoms with Crippen LogP contribution < -0.4 is 5.32 Å². The van der Waals surface area contributed by atoms with E-state index in [-0.39, 0.29) is 5.25 Å². The van der Waals surface area contributed by atoms with Crippen molar-refractivity contribution in [2.24, 2.45) is 7.05 Å². The van der Waals surface area contributed by atoms with Crippen molar-refractivity contribution in [3.05, 3.63) is 83.4 Å². The topological polar surface area (TPSA) is 81.4 Å². The van der Waals surface area contributed by atoms with Gasteiger partial charge < -0.3 is 5.32 Å². The van der Waals surface area contributed by atoms with Crippen LogP contribution in [0.5, 0.6) is 0 Å². The second-order valence-electron chi connectivity index (χ2n) is 7.99. The van der Waals surface area contributed by atoms with Gasteiger partial charge in [0.1, 0.15) is 17.0 Å². The first-order valence-electron chi connectivity index (χ1n) is 10.9. The van der Waals surface area contributed by atoms with Crippen molar-refractivity contribution in [1.29, 1.82) is 0 Å². The Bertz CT molecular complexity index is 1500. The minimum Gasteiger partial charge on any atom is -0.369 e. The highest BCUT2D eigenvalue weighted by molar-refractivity contribution is 7.99. The van der Waals surface area contributed by atoms with Crippen LogP contribution >= 0.6 is 23.4 Å². The predicted molar refractivity (Wildman–Crippen MR) is 137 cm³/mol. The molecule has 1 atom stereocenters. The number of hydrogen-bond donors (Lipinski definition) is 1. The van der Waals surface area contributed by atoms with E-state index in [2.05, 4.69) is 37.4 Å². The minimum absolute atomic E-state index is 0.0258. The molecule has 0 fully saturated rings. The third-order valence-corrected chi connectivity index (χ3v) is 7.46. The standard InChI is InChI=1S/C25H20ClN7S/c1-33-25-21(22(32-33)19-4-2-3-7-27-19)23(34-11-10-30-25)17-6-5-15(12-18(17)26)16-13-20-24(31-14-16)29-9-8-28-20/h2-9,12-14,23,30H,10-11H2,1H3. The number of benzene rings is 1. The molecule has 1 aliphatic heterocycles. The predicted octanol–water partition coefficient (Wildman–Crippen LogP) is 5.39. The van der Waals surface area contributed by atoms with E-state index in [0.29, 0.717) is 10.7 Å². The molecule has 0 amide bonds. The van der Waals surface area contributed by atoms with E-state index >= 15 is 0 Å². The molecule has 9 heteroatoms. The van der Waals surface area contributed by atoms with Crippen LogP contribution in [0.1, 0.15) is 16.4 Å². The fourth-order valence-electron chi connectivity index (χ4n) is 4.30. The zero-order valence-corrected chi connectivity index (χ0v) is 19.9. The molecule has 168 valence electrons. The molecule has 1 aromatic carbocycles. The summed E-state index contributed by atoms with van der Waals surface area (Å²) in [7, 11) is 1.96. The molecule has 0 radical (unpaired) electrons. The first-order valence-corrected chi connectivity index (χ1v) is 12.3. The van der Waals surface area contributed by atoms with Gasteiger partial charge in [-0.15, -0.1) is 11.8 Å². The molecule has 0 spiro atoms. The van der Waals surface area contributed by atoms with Gasteiger partial charge in [-0.3, -0.25) is 14.6 Å². The van der Waals surface area contributed by atoms with Gasteiger partial charge in [0.15, 0.2) is 5.65 Å². The third-order valence-electron chi connectivity index (χ3n) is 5.87. The summed E-state index contributed by atoms with van der Waals surface area (Å²) < 4.78 is 1.91. The van der Waals surface area contributed by atoms with Crippen LogP contribution in [0.4, 0.5) is 5.82 Å². The third kappa shape index (κ3) is 3.69. The fraction of sp³-hybridized carbons (Fsp3) is 0.160. The van der Waals surface area contributed by atoms with Gasteiger partial charge in [0.2, 0.25) is 0 Å². The summed E-state index contributed by atoms with van der Waals surface area (Å²) in [4.78, 5) is 17.6. The Balaban J connectivity index is 1.44. The zero-order chi connectivity index (χ0) is 23.1. The number of rotatable bonds is 3. The van der Waals surface area contributed by atoms with Crippen LogP contribution in [0.25, 0.3) is 33.7 Å². The number of aryl methyl sites for hydroxylation is 1. The summed E-state index contributed by atoms with van der Waals surface area (Å²) in [6.07, 6.45) is 6.93. The van der Waals surface area contributed by atoms with Crippen molar-refractivity contribution in [1.82, 2.24) is 29.7 Å². The van der Waals surface area contributed by atoms with Crippen LogP contribution in [0.3, 0.4) is 0 Å². The van der Waals surface area contributed by atoms with Gasteiger partial charge >= 0.3 is 0 Å². The number of aromatic nitrogens is 6. The highest BCUT2D eigenvalue weighted by Crippen LogP contribution is 2.47. The molecule has 6 rings (SSSR count). The van der Waals surface area contributed by atoms with Gasteiger partial charge in [-0.2, -0.15) is 5.10 Å². The summed E-state index contributed by atoms with van der Waals surface area (Å²) in [5.74, 6) is 1.96. The SMILES string of the molecule is Cn1nc(-c2ccccn2)c2c1NCCSC2c1ccc(-c2cnc3nccnc3c2)cc1Cl. The lowest BCUT2D eigenvalue weighted by Crippen LogP contribution is -2.06. The van der Waals surface area contributed by atoms with Crippen LogP contribution in [0, 0.1) is 0 Å². The number of thioether (sulfide) groups is 1. The number of pyridine rings is 2. The Morgan fingerprint density at radius 2 is 1.91 bits per heavy atom. The Labute approximate surface area is 205 Å². The molecular formula is C25H20ClN7S. The Kier molecular flexibility index (Phi) is 5.39. The van der Waals surface area contributed by atoms with Gasteiger partial charge in [-0.25, -0.2) is 9.97 Å². The lowest BCUT2D eigenvalue weighted by Gasteiger charge is -2.18. The van der Waals surface area contributed by atoms with E-state index in [1.54, 1.807) is 18.6 Å². The van der Waals surface area contributed by atoms with Gasteiger partial charge in [0.05, 0.1) is 10.9 Å². The van der Waals surface area contributed by atoms with Crippen LogP contribution in [-0.2, 0) is 7.05 Å². The Morgan fingerprint density at radius 3 is 2.76 bits per heavy atom. The summed E-state index contributed by atoms with van der Waals surface area (Å²) in [5.41, 5.74) is 7.22. The molecule has 5 heterocycles. The number of halogens is 1. The molecule has 4 aromatic heterocycles. The van der Waals surface area contributed by atoms with Crippen molar-refractivity contribution >= 4 is 40.3 Å². The second-order valence-corrected chi connectivity index (χ2v) is 9.61.